The number of rotatable bonds is 4. The topological polar surface area (TPSA) is 62.4 Å². The van der Waals surface area contributed by atoms with E-state index in [4.69, 9.17) is 16.3 Å². The van der Waals surface area contributed by atoms with Crippen LogP contribution in [-0.4, -0.2) is 34.4 Å². The zero-order chi connectivity index (χ0) is 19.0. The molecule has 1 aromatic carbocycles. The summed E-state index contributed by atoms with van der Waals surface area (Å²) < 4.78 is 5.44. The van der Waals surface area contributed by atoms with E-state index in [9.17, 15) is 9.59 Å². The van der Waals surface area contributed by atoms with Crippen LogP contribution in [-0.2, 0) is 9.53 Å². The lowest BCUT2D eigenvalue weighted by molar-refractivity contribution is -0.140. The highest BCUT2D eigenvalue weighted by molar-refractivity contribution is 7.10. The largest absolute Gasteiger partial charge is 0.448 e. The van der Waals surface area contributed by atoms with Crippen LogP contribution in [0.15, 0.2) is 41.8 Å². The van der Waals surface area contributed by atoms with Gasteiger partial charge in [0.2, 0.25) is 0 Å². The van der Waals surface area contributed by atoms with Gasteiger partial charge in [-0.15, -0.1) is 11.3 Å². The fourth-order valence-electron chi connectivity index (χ4n) is 3.56. The molecule has 2 aromatic heterocycles. The Bertz CT molecular complexity index is 982. The zero-order valence-corrected chi connectivity index (χ0v) is 16.3. The third-order valence-corrected chi connectivity index (χ3v) is 6.25. The number of carbonyl (C=O) groups is 2. The highest BCUT2D eigenvalue weighted by atomic mass is 35.5. The van der Waals surface area contributed by atoms with Crippen molar-refractivity contribution in [3.05, 3.63) is 57.4 Å². The van der Waals surface area contributed by atoms with Crippen LogP contribution >= 0.6 is 22.9 Å². The molecule has 0 unspecified atom stereocenters. The van der Waals surface area contributed by atoms with Crippen LogP contribution in [0.25, 0.3) is 10.9 Å². The first-order chi connectivity index (χ1) is 13.1. The van der Waals surface area contributed by atoms with Crippen LogP contribution in [0.4, 0.5) is 0 Å². The second-order valence-electron chi connectivity index (χ2n) is 6.61. The second-order valence-corrected chi connectivity index (χ2v) is 7.97. The number of esters is 1. The number of para-hydroxylation sites is 1. The number of hydrogen-bond donors (Lipinski definition) is 1. The average Bonchev–Trinajstić information content (AvgIpc) is 3.41. The van der Waals surface area contributed by atoms with Crippen LogP contribution < -0.4 is 0 Å². The van der Waals surface area contributed by atoms with Crippen LogP contribution in [0.1, 0.15) is 41.2 Å². The minimum absolute atomic E-state index is 0.0651. The van der Waals surface area contributed by atoms with E-state index in [1.165, 1.54) is 0 Å². The maximum absolute atomic E-state index is 12.9. The highest BCUT2D eigenvalue weighted by Crippen LogP contribution is 2.35. The van der Waals surface area contributed by atoms with Gasteiger partial charge in [0.15, 0.2) is 6.10 Å². The molecule has 4 rings (SSSR count). The summed E-state index contributed by atoms with van der Waals surface area (Å²) in [5, 5.41) is 3.08. The monoisotopic (exact) mass is 402 g/mol. The summed E-state index contributed by atoms with van der Waals surface area (Å²) in [5.41, 5.74) is 0.930. The predicted octanol–water partition coefficient (Wildman–Crippen LogP) is 4.79. The first-order valence-electron chi connectivity index (χ1n) is 8.87. The summed E-state index contributed by atoms with van der Waals surface area (Å²) in [5.74, 6) is -0.796. The molecule has 140 valence electrons. The van der Waals surface area contributed by atoms with Gasteiger partial charge in [0.05, 0.1) is 11.1 Å². The van der Waals surface area contributed by atoms with Gasteiger partial charge in [-0.1, -0.05) is 35.9 Å². The number of thiophene rings is 1. The third kappa shape index (κ3) is 3.35. The molecular formula is C20H19ClN2O3S. The van der Waals surface area contributed by atoms with Crippen LogP contribution in [0.5, 0.6) is 0 Å². The number of nitrogens with one attached hydrogen (secondary N) is 1. The molecule has 1 aliphatic heterocycles. The van der Waals surface area contributed by atoms with Gasteiger partial charge in [-0.3, -0.25) is 4.79 Å². The van der Waals surface area contributed by atoms with E-state index in [1.807, 2.05) is 46.7 Å². The lowest BCUT2D eigenvalue weighted by atomic mass is 10.2. The van der Waals surface area contributed by atoms with Gasteiger partial charge >= 0.3 is 5.97 Å². The first kappa shape index (κ1) is 18.1. The number of halogens is 1. The molecule has 1 saturated heterocycles. The first-order valence-corrected chi connectivity index (χ1v) is 10.1. The number of carbonyl (C=O) groups excluding carboxylic acids is 2. The summed E-state index contributed by atoms with van der Waals surface area (Å²) >= 11 is 7.95. The van der Waals surface area contributed by atoms with Crippen molar-refractivity contribution in [3.63, 3.8) is 0 Å². The zero-order valence-electron chi connectivity index (χ0n) is 14.8. The van der Waals surface area contributed by atoms with Crippen LogP contribution in [0.3, 0.4) is 0 Å². The Hall–Kier alpha value is -2.31. The van der Waals surface area contributed by atoms with Crippen molar-refractivity contribution in [2.24, 2.45) is 0 Å². The Morgan fingerprint density at radius 3 is 2.85 bits per heavy atom. The number of nitrogens with zero attached hydrogens (tertiary/aromatic N) is 1. The van der Waals surface area contributed by atoms with Gasteiger partial charge in [-0.05, 0) is 37.3 Å². The smallest absolute Gasteiger partial charge is 0.357 e. The molecule has 3 aromatic rings. The Morgan fingerprint density at radius 2 is 2.11 bits per heavy atom. The van der Waals surface area contributed by atoms with Crippen LogP contribution in [0, 0.1) is 0 Å². The number of ether oxygens (including phenoxy) is 1. The fraction of sp³-hybridized carbons (Fsp3) is 0.300. The molecule has 3 heterocycles. The Kier molecular flexibility index (Phi) is 4.93. The molecule has 0 saturated carbocycles. The standard InChI is InChI=1S/C20H19ClN2O3S/c1-12(19(24)23-10-4-8-15(23)16-9-5-11-27-16)26-20(25)18-17(21)13-6-2-3-7-14(13)22-18/h2-3,5-7,9,11-12,15,22H,4,8,10H2,1H3/t12-,15+/m0/s1. The van der Waals surface area contributed by atoms with E-state index in [1.54, 1.807) is 18.3 Å². The molecule has 1 N–H and O–H groups in total. The minimum Gasteiger partial charge on any atom is -0.448 e. The summed E-state index contributed by atoms with van der Waals surface area (Å²) in [4.78, 5) is 31.4. The molecular weight excluding hydrogens is 384 g/mol. The van der Waals surface area contributed by atoms with Gasteiger partial charge in [-0.2, -0.15) is 0 Å². The van der Waals surface area contributed by atoms with E-state index in [-0.39, 0.29) is 17.6 Å². The number of likely N-dealkylation sites (tertiary alicyclic amines) is 1. The molecule has 1 aliphatic rings. The lowest BCUT2D eigenvalue weighted by Crippen LogP contribution is -2.39. The van der Waals surface area contributed by atoms with E-state index >= 15 is 0 Å². The Labute approximate surface area is 165 Å². The van der Waals surface area contributed by atoms with Crippen molar-refractivity contribution in [3.8, 4) is 0 Å². The quantitative estimate of drug-likeness (QED) is 0.638. The van der Waals surface area contributed by atoms with Crippen molar-refractivity contribution in [1.29, 1.82) is 0 Å². The molecule has 1 fully saturated rings. The molecule has 7 heteroatoms. The third-order valence-electron chi connectivity index (χ3n) is 4.89. The number of H-pyrrole nitrogens is 1. The normalized spacial score (nSPS) is 18.0. The molecule has 27 heavy (non-hydrogen) atoms. The van der Waals surface area contributed by atoms with Crippen molar-refractivity contribution in [2.45, 2.75) is 31.9 Å². The van der Waals surface area contributed by atoms with Crippen LogP contribution in [0.2, 0.25) is 5.02 Å². The van der Waals surface area contributed by atoms with Crippen molar-refractivity contribution in [1.82, 2.24) is 9.88 Å². The Balaban J connectivity index is 1.49. The molecule has 5 nitrogen and oxygen atoms in total. The van der Waals surface area contributed by atoms with E-state index < -0.39 is 12.1 Å². The number of aromatic amines is 1. The molecule has 0 aliphatic carbocycles. The summed E-state index contributed by atoms with van der Waals surface area (Å²) in [7, 11) is 0. The number of aromatic nitrogens is 1. The van der Waals surface area contributed by atoms with Gasteiger partial charge < -0.3 is 14.6 Å². The van der Waals surface area contributed by atoms with Gasteiger partial charge in [-0.25, -0.2) is 4.79 Å². The molecule has 0 spiro atoms. The number of fused-ring (bicyclic) bond motifs is 1. The molecule has 0 bridgehead atoms. The van der Waals surface area contributed by atoms with Crippen molar-refractivity contribution >= 4 is 45.7 Å². The van der Waals surface area contributed by atoms with E-state index in [0.717, 1.165) is 28.6 Å². The minimum atomic E-state index is -0.874. The summed E-state index contributed by atoms with van der Waals surface area (Å²) in [6.45, 7) is 2.29. The average molecular weight is 403 g/mol. The number of amides is 1. The van der Waals surface area contributed by atoms with Crippen molar-refractivity contribution < 1.29 is 14.3 Å². The highest BCUT2D eigenvalue weighted by Gasteiger charge is 2.34. The summed E-state index contributed by atoms with van der Waals surface area (Å²) in [6.07, 6.45) is 1.00. The molecule has 0 radical (unpaired) electrons. The fourth-order valence-corrected chi connectivity index (χ4v) is 4.72. The van der Waals surface area contributed by atoms with E-state index in [0.29, 0.717) is 11.6 Å². The van der Waals surface area contributed by atoms with Gasteiger partial charge in [0, 0.05) is 22.3 Å². The van der Waals surface area contributed by atoms with Crippen molar-refractivity contribution in [2.75, 3.05) is 6.54 Å². The number of benzene rings is 1. The van der Waals surface area contributed by atoms with E-state index in [2.05, 4.69) is 4.98 Å². The van der Waals surface area contributed by atoms with Gasteiger partial charge in [0.1, 0.15) is 5.69 Å². The Morgan fingerprint density at radius 1 is 1.30 bits per heavy atom. The number of hydrogen-bond acceptors (Lipinski definition) is 4. The van der Waals surface area contributed by atoms with Gasteiger partial charge in [0.25, 0.3) is 5.91 Å². The maximum atomic E-state index is 12.9. The SMILES string of the molecule is C[C@H](OC(=O)c1[nH]c2ccccc2c1Cl)C(=O)N1CCC[C@@H]1c1cccs1. The second kappa shape index (κ2) is 7.37. The molecule has 1 amide bonds. The lowest BCUT2D eigenvalue weighted by Gasteiger charge is -2.26. The summed E-state index contributed by atoms with van der Waals surface area (Å²) in [6, 6.07) is 11.5. The predicted molar refractivity (Wildman–Crippen MR) is 106 cm³/mol. The maximum Gasteiger partial charge on any atom is 0.357 e. The molecule has 2 atom stereocenters.